The van der Waals surface area contributed by atoms with Crippen LogP contribution in [0, 0.1) is 0 Å². The number of hydrogen-bond donors (Lipinski definition) is 0. The molecule has 160 valence electrons. The van der Waals surface area contributed by atoms with Gasteiger partial charge in [0.1, 0.15) is 11.8 Å². The van der Waals surface area contributed by atoms with Gasteiger partial charge < -0.3 is 9.32 Å². The Kier molecular flexibility index (Phi) is 6.73. The third-order valence-corrected chi connectivity index (χ3v) is 5.58. The zero-order valence-electron chi connectivity index (χ0n) is 17.6. The molecule has 0 fully saturated rings. The maximum atomic E-state index is 13.5. The molecule has 0 spiro atoms. The van der Waals surface area contributed by atoms with Gasteiger partial charge >= 0.3 is 0 Å². The van der Waals surface area contributed by atoms with E-state index in [0.29, 0.717) is 23.9 Å². The molecule has 1 aliphatic rings. The molecule has 3 aromatic rings. The molecular weight excluding hydrogens is 410 g/mol. The van der Waals surface area contributed by atoms with Crippen molar-refractivity contribution in [3.05, 3.63) is 89.3 Å². The monoisotopic (exact) mass is 435 g/mol. The summed E-state index contributed by atoms with van der Waals surface area (Å²) in [6, 6.07) is 20.7. The first-order valence-electron chi connectivity index (χ1n) is 10.6. The number of hydrogen-bond acceptors (Lipinski definition) is 4. The number of carbonyl (C=O) groups excluding carboxylic acids is 1. The third kappa shape index (κ3) is 5.00. The normalized spacial score (nSPS) is 15.9. The van der Waals surface area contributed by atoms with Crippen LogP contribution in [0.25, 0.3) is 0 Å². The second kappa shape index (κ2) is 9.84. The summed E-state index contributed by atoms with van der Waals surface area (Å²) < 4.78 is 5.59. The van der Waals surface area contributed by atoms with Crippen molar-refractivity contribution in [3.63, 3.8) is 0 Å². The lowest BCUT2D eigenvalue weighted by atomic mass is 10.1. The highest BCUT2D eigenvalue weighted by molar-refractivity contribution is 6.30. The van der Waals surface area contributed by atoms with Gasteiger partial charge in [-0.2, -0.15) is 0 Å². The molecule has 0 saturated heterocycles. The van der Waals surface area contributed by atoms with Crippen LogP contribution in [0.3, 0.4) is 0 Å². The van der Waals surface area contributed by atoms with Crippen molar-refractivity contribution in [1.29, 1.82) is 0 Å². The Morgan fingerprint density at radius 1 is 1.06 bits per heavy atom. The molecule has 1 unspecified atom stereocenters. The van der Waals surface area contributed by atoms with Gasteiger partial charge in [0.05, 0.1) is 18.5 Å². The molecule has 1 atom stereocenters. The maximum Gasteiger partial charge on any atom is 0.259 e. The quantitative estimate of drug-likeness (QED) is 0.466. The van der Waals surface area contributed by atoms with Gasteiger partial charge in [-0.25, -0.2) is 9.89 Å². The van der Waals surface area contributed by atoms with Crippen LogP contribution in [0.15, 0.2) is 82.4 Å². The number of aliphatic imine (C=N–C) groups is 1. The smallest absolute Gasteiger partial charge is 0.259 e. The summed E-state index contributed by atoms with van der Waals surface area (Å²) >= 11 is 6.10. The summed E-state index contributed by atoms with van der Waals surface area (Å²) in [5.41, 5.74) is 1.86. The lowest BCUT2D eigenvalue weighted by Crippen LogP contribution is -2.45. The fourth-order valence-corrected chi connectivity index (χ4v) is 3.84. The number of furan rings is 1. The molecular formula is C25H26ClN3O2. The molecule has 0 radical (unpaired) electrons. The number of carbonyl (C=O) groups is 1. The number of nitrogens with zero attached hydrogens (tertiary/aromatic N) is 3. The zero-order chi connectivity index (χ0) is 21.6. The first kappa shape index (κ1) is 21.2. The Bertz CT molecular complexity index is 1020. The number of guanidine groups is 1. The molecule has 1 aromatic heterocycles. The van der Waals surface area contributed by atoms with Crippen LogP contribution in [0.1, 0.15) is 31.1 Å². The van der Waals surface area contributed by atoms with Crippen molar-refractivity contribution < 1.29 is 9.21 Å². The number of rotatable bonds is 8. The molecule has 6 heteroatoms. The maximum absolute atomic E-state index is 13.5. The summed E-state index contributed by atoms with van der Waals surface area (Å²) in [7, 11) is 0. The van der Waals surface area contributed by atoms with E-state index in [1.54, 1.807) is 23.3 Å². The highest BCUT2D eigenvalue weighted by Gasteiger charge is 2.38. The van der Waals surface area contributed by atoms with Crippen molar-refractivity contribution in [2.75, 3.05) is 11.4 Å². The number of halogens is 1. The first-order valence-corrected chi connectivity index (χ1v) is 11.0. The largest absolute Gasteiger partial charge is 0.467 e. The number of benzene rings is 2. The van der Waals surface area contributed by atoms with E-state index in [9.17, 15) is 4.79 Å². The molecule has 0 N–H and O–H groups in total. The summed E-state index contributed by atoms with van der Waals surface area (Å²) in [5.74, 6) is 1.48. The highest BCUT2D eigenvalue weighted by Crippen LogP contribution is 2.27. The van der Waals surface area contributed by atoms with Crippen LogP contribution in [-0.2, 0) is 17.8 Å². The van der Waals surface area contributed by atoms with Crippen molar-refractivity contribution in [1.82, 2.24) is 4.90 Å². The van der Waals surface area contributed by atoms with Gasteiger partial charge in [-0.3, -0.25) is 4.79 Å². The fraction of sp³-hybridized carbons (Fsp3) is 0.280. The van der Waals surface area contributed by atoms with E-state index >= 15 is 0 Å². The number of anilines is 1. The Hall–Kier alpha value is -3.05. The second-order valence-electron chi connectivity index (χ2n) is 7.64. The van der Waals surface area contributed by atoms with Crippen molar-refractivity contribution >= 4 is 29.2 Å². The lowest BCUT2D eigenvalue weighted by molar-refractivity contribution is -0.118. The zero-order valence-corrected chi connectivity index (χ0v) is 18.3. The highest BCUT2D eigenvalue weighted by atomic mass is 35.5. The van der Waals surface area contributed by atoms with Gasteiger partial charge in [0.25, 0.3) is 5.91 Å². The van der Waals surface area contributed by atoms with E-state index in [1.807, 2.05) is 54.6 Å². The van der Waals surface area contributed by atoms with Gasteiger partial charge in [-0.1, -0.05) is 55.3 Å². The van der Waals surface area contributed by atoms with Crippen molar-refractivity contribution in [2.24, 2.45) is 4.99 Å². The third-order valence-electron chi connectivity index (χ3n) is 5.32. The van der Waals surface area contributed by atoms with Crippen LogP contribution in [0.2, 0.25) is 5.02 Å². The fourth-order valence-electron chi connectivity index (χ4n) is 3.72. The van der Waals surface area contributed by atoms with Crippen LogP contribution in [0.5, 0.6) is 0 Å². The lowest BCUT2D eigenvalue weighted by Gasteiger charge is -2.29. The summed E-state index contributed by atoms with van der Waals surface area (Å²) in [6.45, 7) is 3.49. The number of unbranched alkanes of at least 4 members (excludes halogenated alkanes) is 1. The van der Waals surface area contributed by atoms with Crippen molar-refractivity contribution in [3.8, 4) is 0 Å². The van der Waals surface area contributed by atoms with E-state index < -0.39 is 6.04 Å². The Morgan fingerprint density at radius 3 is 2.52 bits per heavy atom. The van der Waals surface area contributed by atoms with Crippen LogP contribution < -0.4 is 4.90 Å². The molecule has 5 nitrogen and oxygen atoms in total. The molecule has 2 aromatic carbocycles. The minimum Gasteiger partial charge on any atom is -0.467 e. The van der Waals surface area contributed by atoms with Gasteiger partial charge in [0, 0.05) is 18.0 Å². The predicted octanol–water partition coefficient (Wildman–Crippen LogP) is 5.55. The van der Waals surface area contributed by atoms with Gasteiger partial charge in [0.2, 0.25) is 5.96 Å². The molecule has 1 amide bonds. The second-order valence-corrected chi connectivity index (χ2v) is 8.08. The van der Waals surface area contributed by atoms with Gasteiger partial charge in [-0.15, -0.1) is 0 Å². The summed E-state index contributed by atoms with van der Waals surface area (Å²) in [5, 5.41) is 0.633. The molecule has 0 aliphatic carbocycles. The van der Waals surface area contributed by atoms with E-state index in [4.69, 9.17) is 21.0 Å². The summed E-state index contributed by atoms with van der Waals surface area (Å²) in [6.07, 6.45) is 4.27. The van der Waals surface area contributed by atoms with Crippen molar-refractivity contribution in [2.45, 2.75) is 38.8 Å². The van der Waals surface area contributed by atoms with E-state index in [1.165, 1.54) is 0 Å². The van der Waals surface area contributed by atoms with E-state index in [2.05, 4.69) is 11.8 Å². The van der Waals surface area contributed by atoms with Gasteiger partial charge in [-0.05, 0) is 48.4 Å². The minimum absolute atomic E-state index is 0.0258. The van der Waals surface area contributed by atoms with E-state index in [-0.39, 0.29) is 5.91 Å². The Balaban J connectivity index is 1.69. The SMILES string of the molecule is CCCCN(Cc1ccco1)C1=NC(Cc2ccccc2)C(=O)N1c1ccc(Cl)cc1. The first-order chi connectivity index (χ1) is 15.2. The predicted molar refractivity (Wildman–Crippen MR) is 124 cm³/mol. The molecule has 2 heterocycles. The Morgan fingerprint density at radius 2 is 1.84 bits per heavy atom. The molecule has 0 bridgehead atoms. The molecule has 4 rings (SSSR count). The molecule has 0 saturated carbocycles. The Labute approximate surface area is 187 Å². The van der Waals surface area contributed by atoms with Gasteiger partial charge in [0.15, 0.2) is 0 Å². The van der Waals surface area contributed by atoms with Crippen LogP contribution in [-0.4, -0.2) is 29.4 Å². The average molecular weight is 436 g/mol. The topological polar surface area (TPSA) is 49.1 Å². The van der Waals surface area contributed by atoms with E-state index in [0.717, 1.165) is 36.4 Å². The van der Waals surface area contributed by atoms with Crippen LogP contribution in [0.4, 0.5) is 5.69 Å². The number of amides is 1. The summed E-state index contributed by atoms with van der Waals surface area (Å²) in [4.78, 5) is 22.3. The van der Waals surface area contributed by atoms with Crippen LogP contribution >= 0.6 is 11.6 Å². The molecule has 31 heavy (non-hydrogen) atoms. The molecule has 1 aliphatic heterocycles. The standard InChI is InChI=1S/C25H26ClN3O2/c1-2-3-15-28(18-22-10-7-16-31-22)25-27-23(17-19-8-5-4-6-9-19)24(30)29(25)21-13-11-20(26)12-14-21/h4-14,16,23H,2-3,15,17-18H2,1H3. The average Bonchev–Trinajstić information content (AvgIpc) is 3.41. The minimum atomic E-state index is -0.464.